The summed E-state index contributed by atoms with van der Waals surface area (Å²) >= 11 is 0. The number of nitrogens with one attached hydrogen (secondary N) is 1. The number of hydrogen-bond acceptors (Lipinski definition) is 7. The van der Waals surface area contributed by atoms with Gasteiger partial charge in [-0.25, -0.2) is 13.2 Å². The maximum absolute atomic E-state index is 12.2. The fraction of sp³-hybridized carbons (Fsp3) is 0.875. The third-order valence-electron chi connectivity index (χ3n) is 4.73. The van der Waals surface area contributed by atoms with Crippen LogP contribution in [0.15, 0.2) is 4.99 Å². The standard InChI is InChI=1S/C16H28N4O4S/c1-16(2,3)24-15(21)19-5-6-20-13(10-19)9-18-14(20)17-8-12-4-7-25(22,23)11-12/h12-13H,4-11H2,1-3H3,(H,17,18). The molecule has 8 nitrogen and oxygen atoms in total. The highest BCUT2D eigenvalue weighted by atomic mass is 32.2. The van der Waals surface area contributed by atoms with Gasteiger partial charge in [-0.15, -0.1) is 0 Å². The molecule has 142 valence electrons. The Hall–Kier alpha value is -1.51. The number of fused-ring (bicyclic) bond motifs is 1. The Morgan fingerprint density at radius 1 is 1.36 bits per heavy atom. The fourth-order valence-electron chi connectivity index (χ4n) is 3.49. The number of rotatable bonds is 2. The van der Waals surface area contributed by atoms with E-state index in [1.165, 1.54) is 0 Å². The first-order valence-corrected chi connectivity index (χ1v) is 10.7. The summed E-state index contributed by atoms with van der Waals surface area (Å²) in [6.45, 7) is 8.78. The van der Waals surface area contributed by atoms with Crippen LogP contribution in [0.2, 0.25) is 0 Å². The van der Waals surface area contributed by atoms with Crippen LogP contribution in [-0.2, 0) is 14.6 Å². The Morgan fingerprint density at radius 2 is 2.12 bits per heavy atom. The van der Waals surface area contributed by atoms with E-state index in [1.807, 2.05) is 20.8 Å². The lowest BCUT2D eigenvalue weighted by atomic mass is 10.1. The lowest BCUT2D eigenvalue weighted by Crippen LogP contribution is -2.57. The summed E-state index contributed by atoms with van der Waals surface area (Å²) in [5.41, 5.74) is -0.491. The van der Waals surface area contributed by atoms with Crippen molar-refractivity contribution in [3.05, 3.63) is 0 Å². The van der Waals surface area contributed by atoms with Crippen molar-refractivity contribution in [1.82, 2.24) is 15.1 Å². The molecule has 0 spiro atoms. The van der Waals surface area contributed by atoms with E-state index < -0.39 is 15.4 Å². The van der Waals surface area contributed by atoms with E-state index in [4.69, 9.17) is 4.74 Å². The van der Waals surface area contributed by atoms with Crippen molar-refractivity contribution < 1.29 is 17.9 Å². The van der Waals surface area contributed by atoms with Crippen molar-refractivity contribution in [2.24, 2.45) is 10.9 Å². The molecule has 1 N–H and O–H groups in total. The van der Waals surface area contributed by atoms with Crippen LogP contribution < -0.4 is 5.32 Å². The average Bonchev–Trinajstić information content (AvgIpc) is 3.05. The molecule has 0 bridgehead atoms. The second-order valence-electron chi connectivity index (χ2n) is 8.09. The Labute approximate surface area is 149 Å². The van der Waals surface area contributed by atoms with Crippen molar-refractivity contribution in [3.63, 3.8) is 0 Å². The van der Waals surface area contributed by atoms with Gasteiger partial charge in [-0.05, 0) is 33.1 Å². The minimum atomic E-state index is -2.85. The summed E-state index contributed by atoms with van der Waals surface area (Å²) in [5, 5.41) is 3.32. The fourth-order valence-corrected chi connectivity index (χ4v) is 5.35. The van der Waals surface area contributed by atoms with Crippen LogP contribution in [0.4, 0.5) is 4.79 Å². The average molecular weight is 372 g/mol. The molecule has 3 heterocycles. The Kier molecular flexibility index (Phi) is 4.87. The SMILES string of the molecule is CC(C)(C)OC(=O)N1CCN2C(NCC3CCS(=O)(=O)C3)=NCC2C1. The summed E-state index contributed by atoms with van der Waals surface area (Å²) in [5.74, 6) is 1.56. The zero-order valence-corrected chi connectivity index (χ0v) is 16.0. The van der Waals surface area contributed by atoms with Gasteiger partial charge in [-0.3, -0.25) is 4.99 Å². The van der Waals surface area contributed by atoms with Crippen molar-refractivity contribution in [1.29, 1.82) is 0 Å². The molecule has 0 radical (unpaired) electrons. The van der Waals surface area contributed by atoms with Crippen LogP contribution in [0, 0.1) is 5.92 Å². The number of piperazine rings is 1. The zero-order valence-electron chi connectivity index (χ0n) is 15.2. The molecule has 3 aliphatic rings. The van der Waals surface area contributed by atoms with E-state index in [1.54, 1.807) is 4.90 Å². The topological polar surface area (TPSA) is 91.3 Å². The summed E-state index contributed by atoms with van der Waals surface area (Å²) < 4.78 is 28.5. The largest absolute Gasteiger partial charge is 0.444 e. The zero-order chi connectivity index (χ0) is 18.2. The van der Waals surface area contributed by atoms with E-state index >= 15 is 0 Å². The van der Waals surface area contributed by atoms with Crippen molar-refractivity contribution >= 4 is 21.9 Å². The molecule has 3 rings (SSSR count). The van der Waals surface area contributed by atoms with E-state index in [9.17, 15) is 13.2 Å². The predicted molar refractivity (Wildman–Crippen MR) is 95.4 cm³/mol. The number of aliphatic imine (C=N–C) groups is 1. The van der Waals surface area contributed by atoms with Crippen LogP contribution in [0.1, 0.15) is 27.2 Å². The molecule has 2 unspecified atom stereocenters. The van der Waals surface area contributed by atoms with Crippen LogP contribution >= 0.6 is 0 Å². The normalized spacial score (nSPS) is 28.5. The highest BCUT2D eigenvalue weighted by Crippen LogP contribution is 2.20. The summed E-state index contributed by atoms with van der Waals surface area (Å²) in [4.78, 5) is 20.7. The third kappa shape index (κ3) is 4.56. The van der Waals surface area contributed by atoms with Crippen molar-refractivity contribution in [2.75, 3.05) is 44.2 Å². The second-order valence-corrected chi connectivity index (χ2v) is 10.3. The number of carbonyl (C=O) groups is 1. The number of amides is 1. The minimum absolute atomic E-state index is 0.162. The first-order chi connectivity index (χ1) is 11.6. The van der Waals surface area contributed by atoms with Crippen LogP contribution in [0.3, 0.4) is 0 Å². The molecule has 25 heavy (non-hydrogen) atoms. The maximum atomic E-state index is 12.2. The van der Waals surface area contributed by atoms with Gasteiger partial charge in [0.15, 0.2) is 15.8 Å². The van der Waals surface area contributed by atoms with Gasteiger partial charge in [-0.1, -0.05) is 0 Å². The van der Waals surface area contributed by atoms with Crippen molar-refractivity contribution in [2.45, 2.75) is 38.8 Å². The molecule has 2 atom stereocenters. The molecule has 2 fully saturated rings. The number of sulfone groups is 1. The Morgan fingerprint density at radius 3 is 2.76 bits per heavy atom. The molecular weight excluding hydrogens is 344 g/mol. The number of hydrogen-bond donors (Lipinski definition) is 1. The van der Waals surface area contributed by atoms with E-state index in [2.05, 4.69) is 15.2 Å². The molecule has 0 aromatic heterocycles. The third-order valence-corrected chi connectivity index (χ3v) is 6.57. The molecule has 0 saturated carbocycles. The summed E-state index contributed by atoms with van der Waals surface area (Å²) in [7, 11) is -2.85. The molecule has 2 saturated heterocycles. The predicted octanol–water partition coefficient (Wildman–Crippen LogP) is 0.302. The highest BCUT2D eigenvalue weighted by molar-refractivity contribution is 7.91. The molecule has 0 aromatic rings. The summed E-state index contributed by atoms with van der Waals surface area (Å²) in [6.07, 6.45) is 0.447. The van der Waals surface area contributed by atoms with Gasteiger partial charge in [-0.2, -0.15) is 0 Å². The lowest BCUT2D eigenvalue weighted by molar-refractivity contribution is 0.0137. The smallest absolute Gasteiger partial charge is 0.410 e. The number of guanidine groups is 1. The van der Waals surface area contributed by atoms with Crippen LogP contribution in [0.5, 0.6) is 0 Å². The van der Waals surface area contributed by atoms with Crippen LogP contribution in [0.25, 0.3) is 0 Å². The van der Waals surface area contributed by atoms with Gasteiger partial charge in [0.2, 0.25) is 0 Å². The van der Waals surface area contributed by atoms with E-state index in [0.29, 0.717) is 38.5 Å². The molecule has 3 aliphatic heterocycles. The maximum Gasteiger partial charge on any atom is 0.410 e. The number of nitrogens with zero attached hydrogens (tertiary/aromatic N) is 3. The first kappa shape index (κ1) is 18.3. The van der Waals surface area contributed by atoms with Gasteiger partial charge >= 0.3 is 6.09 Å². The van der Waals surface area contributed by atoms with Gasteiger partial charge in [0.1, 0.15) is 5.60 Å². The lowest BCUT2D eigenvalue weighted by Gasteiger charge is -2.39. The van der Waals surface area contributed by atoms with Gasteiger partial charge in [0, 0.05) is 26.2 Å². The quantitative estimate of drug-likeness (QED) is 0.750. The molecule has 9 heteroatoms. The molecule has 1 amide bonds. The number of ether oxygens (including phenoxy) is 1. The van der Waals surface area contributed by atoms with E-state index in [-0.39, 0.29) is 23.8 Å². The van der Waals surface area contributed by atoms with Gasteiger partial charge < -0.3 is 19.9 Å². The highest BCUT2D eigenvalue weighted by Gasteiger charge is 2.37. The first-order valence-electron chi connectivity index (χ1n) is 8.86. The Bertz CT molecular complexity index is 656. The molecule has 0 aliphatic carbocycles. The monoisotopic (exact) mass is 372 g/mol. The van der Waals surface area contributed by atoms with E-state index in [0.717, 1.165) is 12.4 Å². The molecule has 0 aromatic carbocycles. The number of carbonyl (C=O) groups excluding carboxylic acids is 1. The second kappa shape index (κ2) is 6.66. The Balaban J connectivity index is 1.48. The van der Waals surface area contributed by atoms with Crippen LogP contribution in [-0.4, -0.2) is 86.1 Å². The minimum Gasteiger partial charge on any atom is -0.444 e. The van der Waals surface area contributed by atoms with Crippen molar-refractivity contribution in [3.8, 4) is 0 Å². The van der Waals surface area contributed by atoms with Gasteiger partial charge in [0.05, 0.1) is 24.1 Å². The van der Waals surface area contributed by atoms with Gasteiger partial charge in [0.25, 0.3) is 0 Å². The summed E-state index contributed by atoms with van der Waals surface area (Å²) in [6, 6.07) is 0.163. The molecular formula is C16H28N4O4S.